The van der Waals surface area contributed by atoms with Gasteiger partial charge in [-0.15, -0.1) is 0 Å². The van der Waals surface area contributed by atoms with Crippen molar-refractivity contribution in [1.82, 2.24) is 4.90 Å². The number of nitrogens with zero attached hydrogens (tertiary/aromatic N) is 1. The number of rotatable bonds is 3. The number of nitrogens with two attached hydrogens (primary N) is 1. The molecule has 2 aromatic rings. The summed E-state index contributed by atoms with van der Waals surface area (Å²) in [4.78, 5) is 38.7. The molecule has 168 valence electrons. The van der Waals surface area contributed by atoms with Crippen LogP contribution in [0.5, 0.6) is 11.5 Å². The molecule has 0 fully saturated rings. The van der Waals surface area contributed by atoms with Crippen LogP contribution in [0, 0.1) is 12.8 Å². The summed E-state index contributed by atoms with van der Waals surface area (Å²) in [6, 6.07) is 3.47. The number of hydrogen-bond acceptors (Lipinski definition) is 9. The highest BCUT2D eigenvalue weighted by Gasteiger charge is 2.54. The first-order valence-electron chi connectivity index (χ1n) is 9.78. The number of likely N-dealkylation sites (N-methyl/N-ethyl adjacent to an activating group) is 1. The molecular formula is C22H22N2O8. The number of aliphatic hydroxyl groups is 2. The fraction of sp³-hybridized carbons (Fsp3) is 0.318. The Labute approximate surface area is 182 Å². The van der Waals surface area contributed by atoms with E-state index in [9.17, 15) is 34.8 Å². The van der Waals surface area contributed by atoms with Crippen LogP contribution in [0.3, 0.4) is 0 Å². The molecule has 0 unspecified atom stereocenters. The van der Waals surface area contributed by atoms with Crippen molar-refractivity contribution in [1.29, 1.82) is 0 Å². The lowest BCUT2D eigenvalue weighted by Crippen LogP contribution is -2.54. The van der Waals surface area contributed by atoms with Crippen molar-refractivity contribution < 1.29 is 39.5 Å². The molecule has 1 amide bonds. The van der Waals surface area contributed by atoms with Gasteiger partial charge >= 0.3 is 5.97 Å². The molecule has 4 rings (SSSR count). The Morgan fingerprint density at radius 1 is 1.16 bits per heavy atom. The van der Waals surface area contributed by atoms with Crippen LogP contribution in [0.2, 0.25) is 0 Å². The van der Waals surface area contributed by atoms with Crippen molar-refractivity contribution in [2.75, 3.05) is 14.1 Å². The van der Waals surface area contributed by atoms with E-state index >= 15 is 0 Å². The van der Waals surface area contributed by atoms with Gasteiger partial charge in [-0.2, -0.15) is 0 Å². The number of phenols is 2. The molecule has 1 aliphatic carbocycles. The lowest BCUT2D eigenvalue weighted by molar-refractivity contribution is -0.136. The Bertz CT molecular complexity index is 1230. The van der Waals surface area contributed by atoms with E-state index in [0.29, 0.717) is 10.9 Å². The van der Waals surface area contributed by atoms with E-state index in [1.54, 1.807) is 33.2 Å². The third-order valence-corrected chi connectivity index (χ3v) is 6.25. The number of esters is 1. The van der Waals surface area contributed by atoms with Crippen LogP contribution in [0.1, 0.15) is 27.6 Å². The van der Waals surface area contributed by atoms with Gasteiger partial charge in [-0.3, -0.25) is 14.5 Å². The Balaban J connectivity index is 1.99. The molecule has 2 aliphatic rings. The molecule has 32 heavy (non-hydrogen) atoms. The van der Waals surface area contributed by atoms with Crippen LogP contribution >= 0.6 is 0 Å². The second-order valence-corrected chi connectivity index (χ2v) is 8.21. The van der Waals surface area contributed by atoms with Crippen LogP contribution in [0.4, 0.5) is 0 Å². The molecule has 0 spiro atoms. The molecule has 4 atom stereocenters. The number of hydrogen-bond donors (Lipinski definition) is 5. The van der Waals surface area contributed by atoms with Crippen molar-refractivity contribution in [2.24, 2.45) is 11.7 Å². The number of carbonyl (C=O) groups is 3. The van der Waals surface area contributed by atoms with Crippen LogP contribution < -0.4 is 5.73 Å². The predicted octanol–water partition coefficient (Wildman–Crippen LogP) is 0.558. The number of cyclic esters (lactones) is 1. The predicted molar refractivity (Wildman–Crippen MR) is 111 cm³/mol. The zero-order valence-electron chi connectivity index (χ0n) is 17.5. The van der Waals surface area contributed by atoms with Crippen LogP contribution in [-0.4, -0.2) is 69.2 Å². The summed E-state index contributed by atoms with van der Waals surface area (Å²) >= 11 is 0. The average Bonchev–Trinajstić information content (AvgIpc) is 3.05. The lowest BCUT2D eigenvalue weighted by atomic mass is 9.74. The lowest BCUT2D eigenvalue weighted by Gasteiger charge is -2.40. The number of benzene rings is 2. The zero-order chi connectivity index (χ0) is 23.6. The number of fused-ring (bicyclic) bond motifs is 2. The molecule has 0 saturated carbocycles. The van der Waals surface area contributed by atoms with Crippen molar-refractivity contribution in [3.63, 3.8) is 0 Å². The first-order chi connectivity index (χ1) is 15.0. The number of ether oxygens (including phenoxy) is 1. The Hall–Kier alpha value is -3.63. The minimum Gasteiger partial charge on any atom is -0.510 e. The van der Waals surface area contributed by atoms with Gasteiger partial charge in [-0.25, -0.2) is 4.79 Å². The second kappa shape index (κ2) is 7.21. The number of carbonyl (C=O) groups excluding carboxylic acids is 3. The Morgan fingerprint density at radius 3 is 2.41 bits per heavy atom. The van der Waals surface area contributed by atoms with Crippen LogP contribution in [0.25, 0.3) is 10.8 Å². The molecule has 0 saturated heterocycles. The Morgan fingerprint density at radius 2 is 1.81 bits per heavy atom. The Kier molecular flexibility index (Phi) is 4.87. The van der Waals surface area contributed by atoms with Crippen LogP contribution in [0.15, 0.2) is 29.5 Å². The maximum atomic E-state index is 12.8. The van der Waals surface area contributed by atoms with E-state index in [4.69, 9.17) is 10.5 Å². The maximum Gasteiger partial charge on any atom is 0.343 e. The zero-order valence-corrected chi connectivity index (χ0v) is 17.5. The van der Waals surface area contributed by atoms with E-state index in [1.165, 1.54) is 11.0 Å². The van der Waals surface area contributed by atoms with Crippen LogP contribution in [-0.2, 0) is 14.3 Å². The number of primary amides is 1. The van der Waals surface area contributed by atoms with E-state index in [-0.39, 0.29) is 22.3 Å². The topological polar surface area (TPSA) is 171 Å². The molecule has 1 heterocycles. The summed E-state index contributed by atoms with van der Waals surface area (Å²) in [5, 5.41) is 43.1. The fourth-order valence-corrected chi connectivity index (χ4v) is 4.87. The van der Waals surface area contributed by atoms with Gasteiger partial charge in [-0.05, 0) is 38.0 Å². The van der Waals surface area contributed by atoms with Gasteiger partial charge in [0.15, 0.2) is 0 Å². The number of amides is 1. The monoisotopic (exact) mass is 442 g/mol. The molecule has 6 N–H and O–H groups in total. The molecule has 0 bridgehead atoms. The van der Waals surface area contributed by atoms with Gasteiger partial charge in [0, 0.05) is 5.56 Å². The normalized spacial score (nSPS) is 25.4. The number of aromatic hydroxyl groups is 2. The van der Waals surface area contributed by atoms with Crippen molar-refractivity contribution in [2.45, 2.75) is 25.2 Å². The maximum absolute atomic E-state index is 12.8. The molecule has 1 aliphatic heterocycles. The van der Waals surface area contributed by atoms with Gasteiger partial charge in [0.2, 0.25) is 5.78 Å². The highest BCUT2D eigenvalue weighted by atomic mass is 16.6. The minimum atomic E-state index is -1.83. The quantitative estimate of drug-likeness (QED) is 0.336. The SMILES string of the molecule is Cc1c2c(c(O)c3c(O)cccc13)C(=O)O[C@@H]2[C@H]1[C@H](O)C(=O)C(C(N)=O)=C(O)[C@H]1N(C)C. The third-order valence-electron chi connectivity index (χ3n) is 6.25. The molecular weight excluding hydrogens is 420 g/mol. The summed E-state index contributed by atoms with van der Waals surface area (Å²) in [7, 11) is 3.10. The summed E-state index contributed by atoms with van der Waals surface area (Å²) in [6.45, 7) is 1.65. The number of aryl methyl sites for hydroxylation is 1. The molecule has 10 nitrogen and oxygen atoms in total. The molecule has 2 aromatic carbocycles. The van der Waals surface area contributed by atoms with E-state index in [0.717, 1.165) is 0 Å². The second-order valence-electron chi connectivity index (χ2n) is 8.21. The van der Waals surface area contributed by atoms with Crippen molar-refractivity contribution >= 4 is 28.4 Å². The number of phenolic OH excluding ortho intramolecular Hbond substituents is 2. The third kappa shape index (κ3) is 2.76. The van der Waals surface area contributed by atoms with Gasteiger partial charge in [0.05, 0.1) is 17.3 Å². The number of aliphatic hydroxyl groups excluding tert-OH is 2. The van der Waals surface area contributed by atoms with E-state index in [1.807, 2.05) is 0 Å². The first kappa shape index (κ1) is 21.6. The van der Waals surface area contributed by atoms with Crippen molar-refractivity contribution in [3.05, 3.63) is 46.2 Å². The first-order valence-corrected chi connectivity index (χ1v) is 9.78. The standard InChI is InChI=1S/C22H22N2O8/c1-7-8-5-4-6-9(25)11(8)16(26)12-10(7)20(32-22(12)31)13-15(24(2)3)17(27)14(21(23)30)19(29)18(13)28/h4-6,13,15,18,20,25-28H,1-3H3,(H2,23,30)/t13-,15+,18+,20+/m1/s1. The van der Waals surface area contributed by atoms with E-state index < -0.39 is 58.9 Å². The van der Waals surface area contributed by atoms with Gasteiger partial charge in [-0.1, -0.05) is 12.1 Å². The highest BCUT2D eigenvalue weighted by Crippen LogP contribution is 2.51. The average molecular weight is 442 g/mol. The smallest absolute Gasteiger partial charge is 0.343 e. The number of ketones is 1. The minimum absolute atomic E-state index is 0.0736. The summed E-state index contributed by atoms with van der Waals surface area (Å²) in [5.74, 6) is -5.73. The molecule has 10 heteroatoms. The molecule has 0 aromatic heterocycles. The van der Waals surface area contributed by atoms with Crippen molar-refractivity contribution in [3.8, 4) is 11.5 Å². The summed E-state index contributed by atoms with van der Waals surface area (Å²) < 4.78 is 5.52. The highest BCUT2D eigenvalue weighted by molar-refractivity contribution is 6.21. The van der Waals surface area contributed by atoms with Gasteiger partial charge in [0.1, 0.15) is 40.6 Å². The summed E-state index contributed by atoms with van der Waals surface area (Å²) in [5.41, 5.74) is 5.05. The van der Waals surface area contributed by atoms with Gasteiger partial charge in [0.25, 0.3) is 5.91 Å². The summed E-state index contributed by atoms with van der Waals surface area (Å²) in [6.07, 6.45) is -3.07. The van der Waals surface area contributed by atoms with Gasteiger partial charge < -0.3 is 30.9 Å². The largest absolute Gasteiger partial charge is 0.510 e. The van der Waals surface area contributed by atoms with E-state index in [2.05, 4.69) is 0 Å². The molecule has 0 radical (unpaired) electrons. The fourth-order valence-electron chi connectivity index (χ4n) is 4.87. The number of Topliss-reactive ketones (excluding diaryl/α,β-unsaturated/α-hetero) is 1.